The average Bonchev–Trinajstić information content (AvgIpc) is 2.13. The maximum absolute atomic E-state index is 13.1. The third-order valence-corrected chi connectivity index (χ3v) is 2.56. The Morgan fingerprint density at radius 2 is 2.14 bits per heavy atom. The van der Waals surface area contributed by atoms with Crippen molar-refractivity contribution in [3.63, 3.8) is 0 Å². The van der Waals surface area contributed by atoms with Gasteiger partial charge >= 0.3 is 0 Å². The molecule has 0 bridgehead atoms. The van der Waals surface area contributed by atoms with E-state index in [1.807, 2.05) is 0 Å². The Hall–Kier alpha value is -1.13. The number of rotatable bonds is 2. The summed E-state index contributed by atoms with van der Waals surface area (Å²) < 4.78 is 18.1. The lowest BCUT2D eigenvalue weighted by Gasteiger charge is -2.39. The van der Waals surface area contributed by atoms with Crippen molar-refractivity contribution >= 4 is 0 Å². The summed E-state index contributed by atoms with van der Waals surface area (Å²) in [5.41, 5.74) is 6.38. The van der Waals surface area contributed by atoms with Crippen molar-refractivity contribution in [1.29, 1.82) is 0 Å². The minimum atomic E-state index is -0.435. The number of methoxy groups -OCH3 is 1. The molecule has 1 fully saturated rings. The molecule has 1 aromatic rings. The number of hydrogen-bond donors (Lipinski definition) is 2. The molecule has 14 heavy (non-hydrogen) atoms. The number of nitrogens with one attached hydrogen (secondary N) is 1. The Balaban J connectivity index is 2.37. The molecule has 0 aromatic heterocycles. The molecule has 3 N–H and O–H groups in total. The summed E-state index contributed by atoms with van der Waals surface area (Å²) in [6, 6.07) is 4.59. The number of halogens is 1. The molecule has 0 unspecified atom stereocenters. The van der Waals surface area contributed by atoms with Gasteiger partial charge in [-0.25, -0.2) is 4.39 Å². The molecule has 0 spiro atoms. The average molecular weight is 196 g/mol. The second-order valence-electron chi connectivity index (χ2n) is 3.64. The van der Waals surface area contributed by atoms with Gasteiger partial charge in [0.1, 0.15) is 11.6 Å². The third-order valence-electron chi connectivity index (χ3n) is 2.56. The van der Waals surface area contributed by atoms with Crippen LogP contribution in [0.4, 0.5) is 4.39 Å². The van der Waals surface area contributed by atoms with Crippen molar-refractivity contribution in [3.05, 3.63) is 29.6 Å². The largest absolute Gasteiger partial charge is 0.497 e. The number of nitrogens with two attached hydrogens (primary N) is 1. The predicted octanol–water partition coefficient (Wildman–Crippen LogP) is 0.591. The van der Waals surface area contributed by atoms with E-state index in [0.717, 1.165) is 5.56 Å². The fourth-order valence-corrected chi connectivity index (χ4v) is 1.57. The first kappa shape index (κ1) is 9.43. The van der Waals surface area contributed by atoms with Crippen LogP contribution >= 0.6 is 0 Å². The Labute approximate surface area is 82.1 Å². The molecular weight excluding hydrogens is 183 g/mol. The van der Waals surface area contributed by atoms with E-state index in [1.165, 1.54) is 19.2 Å². The quantitative estimate of drug-likeness (QED) is 0.727. The Bertz CT molecular complexity index is 350. The molecule has 1 saturated heterocycles. The first-order valence-corrected chi connectivity index (χ1v) is 4.49. The van der Waals surface area contributed by atoms with Crippen LogP contribution in [0.15, 0.2) is 18.2 Å². The molecule has 1 aliphatic rings. The van der Waals surface area contributed by atoms with E-state index in [1.54, 1.807) is 6.07 Å². The van der Waals surface area contributed by atoms with E-state index >= 15 is 0 Å². The van der Waals surface area contributed by atoms with Crippen LogP contribution < -0.4 is 15.8 Å². The smallest absolute Gasteiger partial charge is 0.127 e. The minimum Gasteiger partial charge on any atom is -0.497 e. The molecule has 1 aromatic carbocycles. The van der Waals surface area contributed by atoms with Crippen LogP contribution in [0.3, 0.4) is 0 Å². The van der Waals surface area contributed by atoms with Crippen LogP contribution in [0.25, 0.3) is 0 Å². The Morgan fingerprint density at radius 3 is 2.64 bits per heavy atom. The highest BCUT2D eigenvalue weighted by atomic mass is 19.1. The van der Waals surface area contributed by atoms with Gasteiger partial charge in [0.05, 0.1) is 12.6 Å². The molecule has 2 rings (SSSR count). The van der Waals surface area contributed by atoms with Gasteiger partial charge in [0.15, 0.2) is 0 Å². The fourth-order valence-electron chi connectivity index (χ4n) is 1.57. The first-order valence-electron chi connectivity index (χ1n) is 4.49. The van der Waals surface area contributed by atoms with Crippen LogP contribution in [0, 0.1) is 5.82 Å². The molecule has 3 nitrogen and oxygen atoms in total. The predicted molar refractivity (Wildman–Crippen MR) is 51.7 cm³/mol. The summed E-state index contributed by atoms with van der Waals surface area (Å²) in [5.74, 6) is 0.202. The highest BCUT2D eigenvalue weighted by Gasteiger charge is 2.34. The monoisotopic (exact) mass is 196 g/mol. The molecule has 0 amide bonds. The van der Waals surface area contributed by atoms with Gasteiger partial charge in [0, 0.05) is 19.2 Å². The second kappa shape index (κ2) is 3.22. The summed E-state index contributed by atoms with van der Waals surface area (Å²) in [6.07, 6.45) is 0. The zero-order chi connectivity index (χ0) is 10.2. The zero-order valence-electron chi connectivity index (χ0n) is 8.01. The molecular formula is C10H13FN2O. The van der Waals surface area contributed by atoms with Crippen LogP contribution in [-0.4, -0.2) is 20.2 Å². The third kappa shape index (κ3) is 1.47. The van der Waals surface area contributed by atoms with Crippen molar-refractivity contribution < 1.29 is 9.13 Å². The SMILES string of the molecule is COc1cc(F)cc(C2(N)CNC2)c1. The van der Waals surface area contributed by atoms with Gasteiger partial charge < -0.3 is 15.8 Å². The summed E-state index contributed by atoms with van der Waals surface area (Å²) in [7, 11) is 1.51. The van der Waals surface area contributed by atoms with Crippen molar-refractivity contribution in [2.45, 2.75) is 5.54 Å². The Morgan fingerprint density at radius 1 is 1.43 bits per heavy atom. The topological polar surface area (TPSA) is 47.3 Å². The summed E-state index contributed by atoms with van der Waals surface area (Å²) >= 11 is 0. The molecule has 0 aliphatic carbocycles. The molecule has 0 radical (unpaired) electrons. The standard InChI is InChI=1S/C10H13FN2O/c1-14-9-3-7(2-8(11)4-9)10(12)5-13-6-10/h2-4,13H,5-6,12H2,1H3. The van der Waals surface area contributed by atoms with Gasteiger partial charge in [-0.2, -0.15) is 0 Å². The van der Waals surface area contributed by atoms with Crippen molar-refractivity contribution in [1.82, 2.24) is 5.32 Å². The van der Waals surface area contributed by atoms with E-state index < -0.39 is 5.54 Å². The second-order valence-corrected chi connectivity index (χ2v) is 3.64. The van der Waals surface area contributed by atoms with Gasteiger partial charge in [-0.15, -0.1) is 0 Å². The summed E-state index contributed by atoms with van der Waals surface area (Å²) in [4.78, 5) is 0. The van der Waals surface area contributed by atoms with E-state index in [2.05, 4.69) is 5.32 Å². The van der Waals surface area contributed by atoms with Gasteiger partial charge in [0.2, 0.25) is 0 Å². The van der Waals surface area contributed by atoms with E-state index in [0.29, 0.717) is 18.8 Å². The van der Waals surface area contributed by atoms with Crippen molar-refractivity contribution in [2.75, 3.05) is 20.2 Å². The van der Waals surface area contributed by atoms with Crippen LogP contribution in [0.1, 0.15) is 5.56 Å². The summed E-state index contributed by atoms with van der Waals surface area (Å²) in [5, 5.41) is 3.07. The van der Waals surface area contributed by atoms with Gasteiger partial charge in [-0.05, 0) is 17.7 Å². The van der Waals surface area contributed by atoms with E-state index in [9.17, 15) is 4.39 Å². The van der Waals surface area contributed by atoms with Crippen LogP contribution in [0.5, 0.6) is 5.75 Å². The van der Waals surface area contributed by atoms with Gasteiger partial charge in [-0.1, -0.05) is 0 Å². The molecule has 1 heterocycles. The maximum Gasteiger partial charge on any atom is 0.127 e. The lowest BCUT2D eigenvalue weighted by atomic mass is 9.85. The Kier molecular flexibility index (Phi) is 2.17. The van der Waals surface area contributed by atoms with E-state index in [4.69, 9.17) is 10.5 Å². The maximum atomic E-state index is 13.1. The molecule has 0 atom stereocenters. The van der Waals surface area contributed by atoms with Crippen LogP contribution in [0.2, 0.25) is 0 Å². The number of hydrogen-bond acceptors (Lipinski definition) is 3. The molecule has 0 saturated carbocycles. The minimum absolute atomic E-state index is 0.309. The zero-order valence-corrected chi connectivity index (χ0v) is 8.01. The lowest BCUT2D eigenvalue weighted by molar-refractivity contribution is 0.284. The normalized spacial score (nSPS) is 18.8. The van der Waals surface area contributed by atoms with Gasteiger partial charge in [0.25, 0.3) is 0 Å². The first-order chi connectivity index (χ1) is 6.64. The lowest BCUT2D eigenvalue weighted by Crippen LogP contribution is -2.62. The highest BCUT2D eigenvalue weighted by Crippen LogP contribution is 2.26. The van der Waals surface area contributed by atoms with E-state index in [-0.39, 0.29) is 5.82 Å². The number of ether oxygens (including phenoxy) is 1. The van der Waals surface area contributed by atoms with Crippen molar-refractivity contribution in [2.24, 2.45) is 5.73 Å². The number of benzene rings is 1. The van der Waals surface area contributed by atoms with Gasteiger partial charge in [-0.3, -0.25) is 0 Å². The highest BCUT2D eigenvalue weighted by molar-refractivity contribution is 5.36. The fraction of sp³-hybridized carbons (Fsp3) is 0.400. The molecule has 1 aliphatic heterocycles. The molecule has 76 valence electrons. The summed E-state index contributed by atoms with van der Waals surface area (Å²) in [6.45, 7) is 1.36. The van der Waals surface area contributed by atoms with Crippen molar-refractivity contribution in [3.8, 4) is 5.75 Å². The van der Waals surface area contributed by atoms with Crippen LogP contribution in [-0.2, 0) is 5.54 Å². The molecule has 4 heteroatoms.